The Morgan fingerprint density at radius 3 is 2.31 bits per heavy atom. The van der Waals surface area contributed by atoms with Crippen molar-refractivity contribution in [2.45, 2.75) is 55.1 Å². The fourth-order valence-corrected chi connectivity index (χ4v) is 5.83. The first kappa shape index (κ1) is 17.9. The summed E-state index contributed by atoms with van der Waals surface area (Å²) in [5.74, 6) is 0.124. The number of nitrogens with zero attached hydrogens (tertiary/aromatic N) is 2. The van der Waals surface area contributed by atoms with E-state index in [1.165, 1.54) is 0 Å². The van der Waals surface area contributed by atoms with Crippen molar-refractivity contribution < 1.29 is 17.9 Å². The predicted molar refractivity (Wildman–Crippen MR) is 97.1 cm³/mol. The van der Waals surface area contributed by atoms with Crippen LogP contribution in [0.15, 0.2) is 35.2 Å². The van der Waals surface area contributed by atoms with E-state index >= 15 is 0 Å². The molecule has 0 N–H and O–H groups in total. The highest BCUT2D eigenvalue weighted by molar-refractivity contribution is 7.89. The summed E-state index contributed by atoms with van der Waals surface area (Å²) in [7, 11) is -3.45. The zero-order valence-corrected chi connectivity index (χ0v) is 15.8. The fraction of sp³-hybridized carbons (Fsp3) is 0.632. The summed E-state index contributed by atoms with van der Waals surface area (Å²) in [5.41, 5.74) is -0.331. The Hall–Kier alpha value is -1.44. The van der Waals surface area contributed by atoms with Gasteiger partial charge in [0.25, 0.3) is 5.91 Å². The zero-order valence-electron chi connectivity index (χ0n) is 15.0. The van der Waals surface area contributed by atoms with Gasteiger partial charge in [-0.2, -0.15) is 4.31 Å². The van der Waals surface area contributed by atoms with Gasteiger partial charge in [-0.25, -0.2) is 8.42 Å². The molecule has 3 saturated heterocycles. The third-order valence-electron chi connectivity index (χ3n) is 5.96. The minimum absolute atomic E-state index is 0.124. The lowest BCUT2D eigenvalue weighted by Gasteiger charge is -2.38. The van der Waals surface area contributed by atoms with E-state index in [9.17, 15) is 13.2 Å². The Balaban J connectivity index is 1.38. The van der Waals surface area contributed by atoms with Crippen molar-refractivity contribution in [1.82, 2.24) is 9.21 Å². The van der Waals surface area contributed by atoms with Crippen LogP contribution in [0, 0.1) is 0 Å². The summed E-state index contributed by atoms with van der Waals surface area (Å²) in [6.07, 6.45) is 4.72. The molecular formula is C19H26N2O4S. The van der Waals surface area contributed by atoms with Crippen LogP contribution < -0.4 is 0 Å². The Morgan fingerprint density at radius 2 is 1.65 bits per heavy atom. The molecule has 0 radical (unpaired) electrons. The van der Waals surface area contributed by atoms with Crippen molar-refractivity contribution >= 4 is 15.9 Å². The summed E-state index contributed by atoms with van der Waals surface area (Å²) in [6, 6.07) is 8.57. The lowest BCUT2D eigenvalue weighted by molar-refractivity contribution is -0.149. The standard InChI is InChI=1S/C19H26N2O4S/c22-18(20-12-4-5-13-20)17-8-9-19(25-17)10-14-21(15-11-19)26(23,24)16-6-2-1-3-7-16/h1-3,6-7,17H,4-5,8-15H2. The van der Waals surface area contributed by atoms with Gasteiger partial charge in [-0.05, 0) is 50.7 Å². The molecule has 7 heteroatoms. The van der Waals surface area contributed by atoms with Crippen LogP contribution in [0.4, 0.5) is 0 Å². The molecule has 1 aromatic carbocycles. The number of hydrogen-bond acceptors (Lipinski definition) is 4. The predicted octanol–water partition coefficient (Wildman–Crippen LogP) is 2.01. The van der Waals surface area contributed by atoms with Crippen LogP contribution in [0.3, 0.4) is 0 Å². The summed E-state index contributed by atoms with van der Waals surface area (Å²) >= 11 is 0. The number of hydrogen-bond donors (Lipinski definition) is 0. The highest BCUT2D eigenvalue weighted by atomic mass is 32.2. The van der Waals surface area contributed by atoms with Gasteiger partial charge in [0.2, 0.25) is 10.0 Å². The molecule has 1 aromatic rings. The van der Waals surface area contributed by atoms with Gasteiger partial charge in [-0.3, -0.25) is 4.79 Å². The molecule has 3 heterocycles. The number of amides is 1. The SMILES string of the molecule is O=C(C1CCC2(CCN(S(=O)(=O)c3ccccc3)CC2)O1)N1CCCC1. The van der Waals surface area contributed by atoms with E-state index in [4.69, 9.17) is 4.74 Å². The smallest absolute Gasteiger partial charge is 0.251 e. The number of sulfonamides is 1. The van der Waals surface area contributed by atoms with Crippen molar-refractivity contribution in [2.75, 3.05) is 26.2 Å². The van der Waals surface area contributed by atoms with Crippen LogP contribution in [0.2, 0.25) is 0 Å². The Labute approximate surface area is 155 Å². The molecule has 3 aliphatic heterocycles. The number of ether oxygens (including phenoxy) is 1. The molecule has 6 nitrogen and oxygen atoms in total. The van der Waals surface area contributed by atoms with Crippen LogP contribution in [0.25, 0.3) is 0 Å². The number of carbonyl (C=O) groups is 1. The lowest BCUT2D eigenvalue weighted by Crippen LogP contribution is -2.47. The quantitative estimate of drug-likeness (QED) is 0.807. The molecular weight excluding hydrogens is 352 g/mol. The molecule has 1 atom stereocenters. The summed E-state index contributed by atoms with van der Waals surface area (Å²) in [4.78, 5) is 14.8. The van der Waals surface area contributed by atoms with Gasteiger partial charge < -0.3 is 9.64 Å². The van der Waals surface area contributed by atoms with E-state index in [0.717, 1.165) is 38.8 Å². The molecule has 0 bridgehead atoms. The van der Waals surface area contributed by atoms with Crippen LogP contribution >= 0.6 is 0 Å². The average molecular weight is 378 g/mol. The molecule has 1 spiro atoms. The second-order valence-electron chi connectivity index (χ2n) is 7.58. The maximum Gasteiger partial charge on any atom is 0.251 e. The van der Waals surface area contributed by atoms with Crippen molar-refractivity contribution in [3.8, 4) is 0 Å². The van der Waals surface area contributed by atoms with Gasteiger partial charge in [-0.1, -0.05) is 18.2 Å². The Bertz CT molecular complexity index is 751. The normalized spacial score (nSPS) is 26.5. The van der Waals surface area contributed by atoms with Gasteiger partial charge in [0.1, 0.15) is 6.10 Å². The molecule has 3 fully saturated rings. The number of carbonyl (C=O) groups excluding carboxylic acids is 1. The molecule has 3 aliphatic rings. The van der Waals surface area contributed by atoms with Crippen molar-refractivity contribution in [1.29, 1.82) is 0 Å². The van der Waals surface area contributed by atoms with Crippen molar-refractivity contribution in [2.24, 2.45) is 0 Å². The van der Waals surface area contributed by atoms with Crippen molar-refractivity contribution in [3.63, 3.8) is 0 Å². The van der Waals surface area contributed by atoms with Gasteiger partial charge >= 0.3 is 0 Å². The molecule has 1 unspecified atom stereocenters. The van der Waals surface area contributed by atoms with E-state index in [0.29, 0.717) is 30.8 Å². The number of likely N-dealkylation sites (tertiary alicyclic amines) is 1. The average Bonchev–Trinajstić information content (AvgIpc) is 3.33. The third-order valence-corrected chi connectivity index (χ3v) is 7.88. The summed E-state index contributed by atoms with van der Waals surface area (Å²) in [6.45, 7) is 2.58. The molecule has 4 rings (SSSR count). The topological polar surface area (TPSA) is 66.9 Å². The largest absolute Gasteiger partial charge is 0.362 e. The van der Waals surface area contributed by atoms with Crippen LogP contribution in [0.1, 0.15) is 38.5 Å². The Kier molecular flexibility index (Phi) is 4.79. The van der Waals surface area contributed by atoms with Gasteiger partial charge in [0.15, 0.2) is 0 Å². The maximum absolute atomic E-state index is 12.8. The van der Waals surface area contributed by atoms with E-state index in [-0.39, 0.29) is 17.6 Å². The maximum atomic E-state index is 12.8. The molecule has 0 aromatic heterocycles. The highest BCUT2D eigenvalue weighted by Crippen LogP contribution is 2.40. The van der Waals surface area contributed by atoms with Gasteiger partial charge in [-0.15, -0.1) is 0 Å². The second kappa shape index (κ2) is 6.94. The molecule has 1 amide bonds. The summed E-state index contributed by atoms with van der Waals surface area (Å²) < 4.78 is 33.3. The molecule has 0 aliphatic carbocycles. The first-order valence-corrected chi connectivity index (χ1v) is 11.0. The monoisotopic (exact) mass is 378 g/mol. The molecule has 26 heavy (non-hydrogen) atoms. The fourth-order valence-electron chi connectivity index (χ4n) is 4.37. The lowest BCUT2D eigenvalue weighted by atomic mass is 9.89. The number of rotatable bonds is 3. The van der Waals surface area contributed by atoms with Crippen LogP contribution in [-0.2, 0) is 19.6 Å². The van der Waals surface area contributed by atoms with Crippen LogP contribution in [0.5, 0.6) is 0 Å². The van der Waals surface area contributed by atoms with Gasteiger partial charge in [0, 0.05) is 26.2 Å². The van der Waals surface area contributed by atoms with Gasteiger partial charge in [0.05, 0.1) is 10.5 Å². The van der Waals surface area contributed by atoms with Crippen molar-refractivity contribution in [3.05, 3.63) is 30.3 Å². The number of piperidine rings is 1. The first-order valence-electron chi connectivity index (χ1n) is 9.52. The van der Waals surface area contributed by atoms with E-state index < -0.39 is 10.0 Å². The molecule has 142 valence electrons. The molecule has 0 saturated carbocycles. The minimum Gasteiger partial charge on any atom is -0.362 e. The second-order valence-corrected chi connectivity index (χ2v) is 9.52. The minimum atomic E-state index is -3.45. The van der Waals surface area contributed by atoms with E-state index in [2.05, 4.69) is 0 Å². The zero-order chi connectivity index (χ0) is 18.2. The first-order chi connectivity index (χ1) is 12.5. The van der Waals surface area contributed by atoms with E-state index in [1.807, 2.05) is 11.0 Å². The van der Waals surface area contributed by atoms with E-state index in [1.54, 1.807) is 28.6 Å². The third kappa shape index (κ3) is 3.28. The Morgan fingerprint density at radius 1 is 1.00 bits per heavy atom. The summed E-state index contributed by atoms with van der Waals surface area (Å²) in [5, 5.41) is 0. The highest BCUT2D eigenvalue weighted by Gasteiger charge is 2.47. The van der Waals surface area contributed by atoms with Crippen LogP contribution in [-0.4, -0.2) is 61.4 Å². The number of benzene rings is 1.